The van der Waals surface area contributed by atoms with Crippen molar-refractivity contribution < 1.29 is 9.52 Å². The summed E-state index contributed by atoms with van der Waals surface area (Å²) < 4.78 is 4.90. The summed E-state index contributed by atoms with van der Waals surface area (Å²) in [6.45, 7) is -0.0230. The maximum Gasteiger partial charge on any atom is 0.0997 e. The molecule has 12 heavy (non-hydrogen) atoms. The highest BCUT2D eigenvalue weighted by Gasteiger charge is 2.03. The fourth-order valence-electron chi connectivity index (χ4n) is 1.00. The number of hydrogen-bond donors (Lipinski definition) is 2. The number of hydrogen-bond acceptors (Lipinski definition) is 3. The van der Waals surface area contributed by atoms with Crippen LogP contribution in [0.3, 0.4) is 0 Å². The molecule has 0 unspecified atom stereocenters. The second-order valence-corrected chi connectivity index (χ2v) is 2.45. The Hall–Kier alpha value is -1.55. The van der Waals surface area contributed by atoms with Gasteiger partial charge in [-0.3, -0.25) is 5.10 Å². The quantitative estimate of drug-likeness (QED) is 0.700. The van der Waals surface area contributed by atoms with Gasteiger partial charge < -0.3 is 9.52 Å². The summed E-state index contributed by atoms with van der Waals surface area (Å²) >= 11 is 0. The Balaban J connectivity index is 2.35. The van der Waals surface area contributed by atoms with E-state index in [2.05, 4.69) is 10.2 Å². The molecule has 4 heteroatoms. The molecular weight excluding hydrogens is 156 g/mol. The Morgan fingerprint density at radius 2 is 2.50 bits per heavy atom. The first-order valence-corrected chi connectivity index (χ1v) is 3.58. The van der Waals surface area contributed by atoms with E-state index < -0.39 is 0 Å². The van der Waals surface area contributed by atoms with Crippen molar-refractivity contribution >= 4 is 0 Å². The standard InChI is InChI=1S/C8H8N2O2/c11-4-7-3-8(10-9-7)6-1-2-12-5-6/h1-3,5,11H,4H2,(H,9,10). The first kappa shape index (κ1) is 7.12. The van der Waals surface area contributed by atoms with E-state index in [0.717, 1.165) is 11.3 Å². The molecule has 2 aromatic heterocycles. The lowest BCUT2D eigenvalue weighted by Crippen LogP contribution is -1.79. The van der Waals surface area contributed by atoms with Gasteiger partial charge in [0, 0.05) is 5.56 Å². The molecule has 0 fully saturated rings. The summed E-state index contributed by atoms with van der Waals surface area (Å²) in [4.78, 5) is 0. The summed E-state index contributed by atoms with van der Waals surface area (Å²) in [5, 5.41) is 15.4. The minimum Gasteiger partial charge on any atom is -0.472 e. The molecule has 62 valence electrons. The third kappa shape index (κ3) is 1.12. The van der Waals surface area contributed by atoms with Crippen LogP contribution in [0.1, 0.15) is 5.69 Å². The third-order valence-electron chi connectivity index (χ3n) is 1.62. The average Bonchev–Trinajstić information content (AvgIpc) is 2.75. The second kappa shape index (κ2) is 2.83. The topological polar surface area (TPSA) is 62.1 Å². The Bertz CT molecular complexity index is 351. The fourth-order valence-corrected chi connectivity index (χ4v) is 1.00. The minimum atomic E-state index is -0.0230. The first-order valence-electron chi connectivity index (χ1n) is 3.58. The average molecular weight is 164 g/mol. The number of aromatic amines is 1. The summed E-state index contributed by atoms with van der Waals surface area (Å²) in [7, 11) is 0. The van der Waals surface area contributed by atoms with Crippen molar-refractivity contribution in [3.05, 3.63) is 30.4 Å². The van der Waals surface area contributed by atoms with Crippen LogP contribution < -0.4 is 0 Å². The minimum absolute atomic E-state index is 0.0230. The zero-order valence-corrected chi connectivity index (χ0v) is 6.32. The number of nitrogens with zero attached hydrogens (tertiary/aromatic N) is 1. The van der Waals surface area contributed by atoms with E-state index in [1.165, 1.54) is 0 Å². The van der Waals surface area contributed by atoms with Crippen LogP contribution in [-0.2, 0) is 6.61 Å². The molecule has 0 saturated heterocycles. The molecule has 0 spiro atoms. The van der Waals surface area contributed by atoms with E-state index in [9.17, 15) is 0 Å². The smallest absolute Gasteiger partial charge is 0.0997 e. The maximum absolute atomic E-state index is 8.75. The highest BCUT2D eigenvalue weighted by molar-refractivity contribution is 5.57. The first-order chi connectivity index (χ1) is 5.90. The summed E-state index contributed by atoms with van der Waals surface area (Å²) in [6, 6.07) is 3.60. The Labute approximate surface area is 68.8 Å². The van der Waals surface area contributed by atoms with E-state index in [1.54, 1.807) is 18.6 Å². The molecule has 0 amide bonds. The van der Waals surface area contributed by atoms with Gasteiger partial charge in [0.1, 0.15) is 0 Å². The summed E-state index contributed by atoms with van der Waals surface area (Å²) in [6.07, 6.45) is 3.19. The molecule has 0 bridgehead atoms. The van der Waals surface area contributed by atoms with Crippen molar-refractivity contribution in [1.82, 2.24) is 10.2 Å². The normalized spacial score (nSPS) is 10.4. The fraction of sp³-hybridized carbons (Fsp3) is 0.125. The van der Waals surface area contributed by atoms with E-state index in [4.69, 9.17) is 9.52 Å². The predicted molar refractivity (Wildman–Crippen MR) is 42.2 cm³/mol. The van der Waals surface area contributed by atoms with Gasteiger partial charge in [0.05, 0.1) is 30.5 Å². The van der Waals surface area contributed by atoms with E-state index in [-0.39, 0.29) is 6.61 Å². The number of furan rings is 1. The van der Waals surface area contributed by atoms with Crippen LogP contribution in [0.25, 0.3) is 11.3 Å². The maximum atomic E-state index is 8.75. The number of H-pyrrole nitrogens is 1. The number of nitrogens with one attached hydrogen (secondary N) is 1. The molecular formula is C8H8N2O2. The van der Waals surface area contributed by atoms with Crippen LogP contribution in [0.4, 0.5) is 0 Å². The molecule has 0 aliphatic rings. The largest absolute Gasteiger partial charge is 0.472 e. The Kier molecular flexibility index (Phi) is 1.68. The van der Waals surface area contributed by atoms with Crippen LogP contribution in [0.5, 0.6) is 0 Å². The lowest BCUT2D eigenvalue weighted by molar-refractivity contribution is 0.276. The molecule has 0 aliphatic heterocycles. The van der Waals surface area contributed by atoms with Gasteiger partial charge in [0.25, 0.3) is 0 Å². The van der Waals surface area contributed by atoms with Crippen molar-refractivity contribution in [3.63, 3.8) is 0 Å². The molecule has 2 rings (SSSR count). The van der Waals surface area contributed by atoms with Crippen LogP contribution >= 0.6 is 0 Å². The van der Waals surface area contributed by atoms with Gasteiger partial charge in [-0.1, -0.05) is 0 Å². The summed E-state index contributed by atoms with van der Waals surface area (Å²) in [5.41, 5.74) is 2.39. The molecule has 0 atom stereocenters. The zero-order valence-electron chi connectivity index (χ0n) is 6.32. The highest BCUT2D eigenvalue weighted by atomic mass is 16.3. The Morgan fingerprint density at radius 3 is 3.08 bits per heavy atom. The van der Waals surface area contributed by atoms with E-state index in [1.807, 2.05) is 6.07 Å². The van der Waals surface area contributed by atoms with Gasteiger partial charge in [0.2, 0.25) is 0 Å². The SMILES string of the molecule is OCc1cc(-c2ccoc2)n[nH]1. The number of aliphatic hydroxyl groups is 1. The van der Waals surface area contributed by atoms with Crippen LogP contribution in [-0.4, -0.2) is 15.3 Å². The van der Waals surface area contributed by atoms with E-state index >= 15 is 0 Å². The van der Waals surface area contributed by atoms with Gasteiger partial charge in [-0.2, -0.15) is 5.10 Å². The van der Waals surface area contributed by atoms with Gasteiger partial charge in [0.15, 0.2) is 0 Å². The molecule has 0 radical (unpaired) electrons. The van der Waals surface area contributed by atoms with E-state index in [0.29, 0.717) is 5.69 Å². The zero-order chi connectivity index (χ0) is 8.39. The van der Waals surface area contributed by atoms with Crippen molar-refractivity contribution in [2.45, 2.75) is 6.61 Å². The second-order valence-electron chi connectivity index (χ2n) is 2.45. The number of rotatable bonds is 2. The molecule has 2 aromatic rings. The van der Waals surface area contributed by atoms with Crippen LogP contribution in [0.15, 0.2) is 29.1 Å². The van der Waals surface area contributed by atoms with Crippen molar-refractivity contribution in [3.8, 4) is 11.3 Å². The molecule has 0 saturated carbocycles. The lowest BCUT2D eigenvalue weighted by atomic mass is 10.2. The molecule has 2 heterocycles. The van der Waals surface area contributed by atoms with Crippen molar-refractivity contribution in [2.24, 2.45) is 0 Å². The molecule has 4 nitrogen and oxygen atoms in total. The van der Waals surface area contributed by atoms with Gasteiger partial charge >= 0.3 is 0 Å². The third-order valence-corrected chi connectivity index (χ3v) is 1.62. The lowest BCUT2D eigenvalue weighted by Gasteiger charge is -1.83. The predicted octanol–water partition coefficient (Wildman–Crippen LogP) is 1.16. The number of aromatic nitrogens is 2. The van der Waals surface area contributed by atoms with Crippen molar-refractivity contribution in [2.75, 3.05) is 0 Å². The van der Waals surface area contributed by atoms with Crippen LogP contribution in [0, 0.1) is 0 Å². The van der Waals surface area contributed by atoms with Gasteiger partial charge in [-0.25, -0.2) is 0 Å². The van der Waals surface area contributed by atoms with Gasteiger partial charge in [-0.15, -0.1) is 0 Å². The molecule has 2 N–H and O–H groups in total. The molecule has 0 aromatic carbocycles. The van der Waals surface area contributed by atoms with Crippen molar-refractivity contribution in [1.29, 1.82) is 0 Å². The molecule has 0 aliphatic carbocycles. The van der Waals surface area contributed by atoms with Crippen LogP contribution in [0.2, 0.25) is 0 Å². The Morgan fingerprint density at radius 1 is 1.58 bits per heavy atom. The monoisotopic (exact) mass is 164 g/mol. The van der Waals surface area contributed by atoms with Gasteiger partial charge in [-0.05, 0) is 12.1 Å². The number of aliphatic hydroxyl groups excluding tert-OH is 1. The summed E-state index contributed by atoms with van der Waals surface area (Å²) in [5.74, 6) is 0. The highest BCUT2D eigenvalue weighted by Crippen LogP contribution is 2.17.